The molecule has 0 rings (SSSR count). The molecule has 0 aromatic carbocycles. The van der Waals surface area contributed by atoms with Crippen molar-refractivity contribution in [1.82, 2.24) is 0 Å². The molecule has 0 aromatic heterocycles. The first-order valence-corrected chi connectivity index (χ1v) is 6.03. The molecule has 19 heavy (non-hydrogen) atoms. The zero-order chi connectivity index (χ0) is 15.1. The van der Waals surface area contributed by atoms with Gasteiger partial charge in [-0.2, -0.15) is 22.0 Å². The summed E-state index contributed by atoms with van der Waals surface area (Å²) >= 11 is 10.8. The minimum atomic E-state index is -5.96. The van der Waals surface area contributed by atoms with Crippen molar-refractivity contribution in [2.45, 2.75) is 30.5 Å². The molecule has 0 N–H and O–H groups in total. The molecule has 0 radical (unpaired) electrons. The Morgan fingerprint density at radius 2 is 1.63 bits per heavy atom. The molecule has 0 aliphatic heterocycles. The van der Waals surface area contributed by atoms with Crippen LogP contribution in [0.4, 0.5) is 22.0 Å². The van der Waals surface area contributed by atoms with E-state index in [-0.39, 0.29) is 25.3 Å². The third kappa shape index (κ3) is 6.58. The maximum absolute atomic E-state index is 12.4. The van der Waals surface area contributed by atoms with E-state index in [9.17, 15) is 26.7 Å². The first-order chi connectivity index (χ1) is 8.63. The van der Waals surface area contributed by atoms with Crippen LogP contribution in [0.1, 0.15) is 12.8 Å². The van der Waals surface area contributed by atoms with Crippen molar-refractivity contribution < 1.29 is 36.2 Å². The monoisotopic (exact) mass is 332 g/mol. The zero-order valence-corrected chi connectivity index (χ0v) is 11.0. The Morgan fingerprint density at radius 1 is 1.11 bits per heavy atom. The second-order valence-corrected chi connectivity index (χ2v) is 4.15. The lowest BCUT2D eigenvalue weighted by Crippen LogP contribution is -2.45. The van der Waals surface area contributed by atoms with Gasteiger partial charge in [-0.05, 0) is 12.8 Å². The number of hydrogen-bond acceptors (Lipinski definition) is 3. The van der Waals surface area contributed by atoms with Gasteiger partial charge in [0.05, 0.1) is 12.5 Å². The molecule has 0 aliphatic carbocycles. The van der Waals surface area contributed by atoms with Gasteiger partial charge in [0.1, 0.15) is 5.56 Å². The summed E-state index contributed by atoms with van der Waals surface area (Å²) in [4.78, 5) is 10.5. The molecule has 0 saturated carbocycles. The fourth-order valence-electron chi connectivity index (χ4n) is 0.831. The fraction of sp³-hybridized carbons (Fsp3) is 0.889. The van der Waals surface area contributed by atoms with Crippen LogP contribution in [0.2, 0.25) is 0 Å². The van der Waals surface area contributed by atoms with Crippen molar-refractivity contribution in [1.29, 1.82) is 0 Å². The highest BCUT2D eigenvalue weighted by molar-refractivity contribution is 6.27. The summed E-state index contributed by atoms with van der Waals surface area (Å²) in [6.45, 7) is -0.449. The van der Waals surface area contributed by atoms with Gasteiger partial charge in [-0.25, -0.2) is 4.79 Å². The van der Waals surface area contributed by atoms with E-state index in [4.69, 9.17) is 27.9 Å². The predicted molar refractivity (Wildman–Crippen MR) is 57.5 cm³/mol. The second-order valence-electron chi connectivity index (χ2n) is 3.35. The highest BCUT2D eigenvalue weighted by Gasteiger charge is 2.64. The Hall–Kier alpha value is -0.340. The van der Waals surface area contributed by atoms with Crippen LogP contribution < -0.4 is 0 Å². The molecule has 0 heterocycles. The van der Waals surface area contributed by atoms with Gasteiger partial charge in [-0.15, -0.1) is 11.6 Å². The van der Waals surface area contributed by atoms with Gasteiger partial charge in [0.15, 0.2) is 0 Å². The van der Waals surface area contributed by atoms with E-state index < -0.39 is 30.2 Å². The van der Waals surface area contributed by atoms with Crippen molar-refractivity contribution in [3.8, 4) is 0 Å². The standard InChI is InChI=1S/C9H11Cl2F5O3/c10-5-6(11)18-3-1-2-4-19-7(17)8(12,13)9(14,15)16/h6H,1-5H2. The molecule has 0 fully saturated rings. The van der Waals surface area contributed by atoms with Crippen molar-refractivity contribution >= 4 is 29.2 Å². The van der Waals surface area contributed by atoms with Crippen LogP contribution in [-0.4, -0.2) is 42.7 Å². The van der Waals surface area contributed by atoms with Crippen LogP contribution in [0.3, 0.4) is 0 Å². The van der Waals surface area contributed by atoms with Crippen molar-refractivity contribution in [3.63, 3.8) is 0 Å². The molecule has 1 atom stereocenters. The number of carbonyl (C=O) groups excluding carboxylic acids is 1. The highest BCUT2D eigenvalue weighted by atomic mass is 35.5. The number of unbranched alkanes of at least 4 members (excludes halogenated alkanes) is 1. The normalized spacial score (nSPS) is 14.3. The quantitative estimate of drug-likeness (QED) is 0.296. The first-order valence-electron chi connectivity index (χ1n) is 5.06. The molecule has 0 bridgehead atoms. The summed E-state index contributed by atoms with van der Waals surface area (Å²) in [6.07, 6.45) is -5.63. The smallest absolute Gasteiger partial charge is 0.461 e. The van der Waals surface area contributed by atoms with Gasteiger partial charge < -0.3 is 9.47 Å². The third-order valence-electron chi connectivity index (χ3n) is 1.80. The summed E-state index contributed by atoms with van der Waals surface area (Å²) in [5.41, 5.74) is -0.709. The Labute approximate surface area is 115 Å². The summed E-state index contributed by atoms with van der Waals surface area (Å²) in [6, 6.07) is 0. The summed E-state index contributed by atoms with van der Waals surface area (Å²) in [7, 11) is 0. The van der Waals surface area contributed by atoms with E-state index in [0.29, 0.717) is 0 Å². The number of esters is 1. The van der Waals surface area contributed by atoms with Gasteiger partial charge in [0, 0.05) is 6.61 Å². The van der Waals surface area contributed by atoms with Crippen molar-refractivity contribution in [2.75, 3.05) is 19.1 Å². The molecule has 0 saturated heterocycles. The third-order valence-corrected chi connectivity index (χ3v) is 2.52. The second kappa shape index (κ2) is 8.06. The number of hydrogen-bond donors (Lipinski definition) is 0. The average molecular weight is 333 g/mol. The number of alkyl halides is 7. The minimum absolute atomic E-state index is 0.0499. The highest BCUT2D eigenvalue weighted by Crippen LogP contribution is 2.36. The SMILES string of the molecule is O=C(OCCCCOC(Cl)CCl)C(F)(F)C(F)(F)F. The Morgan fingerprint density at radius 3 is 2.11 bits per heavy atom. The van der Waals surface area contributed by atoms with E-state index in [0.717, 1.165) is 0 Å². The zero-order valence-electron chi connectivity index (χ0n) is 9.48. The van der Waals surface area contributed by atoms with Gasteiger partial charge in [-0.3, -0.25) is 0 Å². The number of halogens is 7. The lowest BCUT2D eigenvalue weighted by Gasteiger charge is -2.17. The van der Waals surface area contributed by atoms with Crippen molar-refractivity contribution in [3.05, 3.63) is 0 Å². The first kappa shape index (κ1) is 18.7. The summed E-state index contributed by atoms with van der Waals surface area (Å²) in [5.74, 6) is -8.06. The largest absolute Gasteiger partial charge is 0.465 e. The Balaban J connectivity index is 3.82. The number of carbonyl (C=O) groups is 1. The summed E-state index contributed by atoms with van der Waals surface area (Å²) < 4.78 is 68.7. The predicted octanol–water partition coefficient (Wildman–Crippen LogP) is 3.33. The minimum Gasteiger partial charge on any atom is -0.461 e. The molecular weight excluding hydrogens is 322 g/mol. The van der Waals surface area contributed by atoms with E-state index in [2.05, 4.69) is 4.74 Å². The lowest BCUT2D eigenvalue weighted by molar-refractivity contribution is -0.280. The maximum atomic E-state index is 12.4. The molecule has 0 spiro atoms. The average Bonchev–Trinajstić information content (AvgIpc) is 2.31. The molecule has 0 aliphatic rings. The van der Waals surface area contributed by atoms with Crippen LogP contribution >= 0.6 is 23.2 Å². The molecule has 3 nitrogen and oxygen atoms in total. The van der Waals surface area contributed by atoms with Crippen LogP contribution in [0.15, 0.2) is 0 Å². The topological polar surface area (TPSA) is 35.5 Å². The molecule has 114 valence electrons. The molecule has 1 unspecified atom stereocenters. The van der Waals surface area contributed by atoms with Crippen LogP contribution in [0.5, 0.6) is 0 Å². The van der Waals surface area contributed by atoms with Gasteiger partial charge in [-0.1, -0.05) is 11.6 Å². The number of rotatable bonds is 8. The Kier molecular flexibility index (Phi) is 7.92. The van der Waals surface area contributed by atoms with Crippen molar-refractivity contribution in [2.24, 2.45) is 0 Å². The van der Waals surface area contributed by atoms with Crippen LogP contribution in [-0.2, 0) is 14.3 Å². The maximum Gasteiger partial charge on any atom is 0.465 e. The van der Waals surface area contributed by atoms with Crippen LogP contribution in [0.25, 0.3) is 0 Å². The van der Waals surface area contributed by atoms with E-state index in [1.165, 1.54) is 0 Å². The lowest BCUT2D eigenvalue weighted by atomic mass is 10.3. The van der Waals surface area contributed by atoms with Crippen LogP contribution in [0, 0.1) is 0 Å². The molecule has 0 aromatic rings. The number of ether oxygens (including phenoxy) is 2. The van der Waals surface area contributed by atoms with Gasteiger partial charge in [0.25, 0.3) is 0 Å². The fourth-order valence-corrected chi connectivity index (χ4v) is 1.01. The molecular formula is C9H11Cl2F5O3. The van der Waals surface area contributed by atoms with E-state index in [1.807, 2.05) is 0 Å². The Bertz CT molecular complexity index is 286. The van der Waals surface area contributed by atoms with Gasteiger partial charge >= 0.3 is 18.1 Å². The molecule has 0 amide bonds. The summed E-state index contributed by atoms with van der Waals surface area (Å²) in [5, 5.41) is 0. The molecule has 10 heteroatoms. The van der Waals surface area contributed by atoms with E-state index >= 15 is 0 Å². The van der Waals surface area contributed by atoms with E-state index in [1.54, 1.807) is 0 Å². The van der Waals surface area contributed by atoms with Gasteiger partial charge in [0.2, 0.25) is 0 Å².